The molecule has 98 valence electrons. The summed E-state index contributed by atoms with van der Waals surface area (Å²) < 4.78 is 23.8. The Morgan fingerprint density at radius 1 is 1.35 bits per heavy atom. The van der Waals surface area contributed by atoms with Crippen molar-refractivity contribution in [2.75, 3.05) is 26.4 Å². The van der Waals surface area contributed by atoms with Gasteiger partial charge in [-0.2, -0.15) is 0 Å². The Morgan fingerprint density at radius 2 is 1.94 bits per heavy atom. The van der Waals surface area contributed by atoms with Gasteiger partial charge >= 0.3 is 5.97 Å². The molecular weight excluding hydrogens is 248 g/mol. The van der Waals surface area contributed by atoms with Crippen LogP contribution in [0.1, 0.15) is 6.42 Å². The van der Waals surface area contributed by atoms with Crippen molar-refractivity contribution in [1.82, 2.24) is 9.62 Å². The summed E-state index contributed by atoms with van der Waals surface area (Å²) in [6.07, 6.45) is 0.335. The van der Waals surface area contributed by atoms with E-state index in [0.29, 0.717) is 6.42 Å². The Balaban J connectivity index is 2.29. The lowest BCUT2D eigenvalue weighted by Gasteiger charge is -2.11. The van der Waals surface area contributed by atoms with Crippen LogP contribution >= 0.6 is 0 Å². The third kappa shape index (κ3) is 3.67. The molecule has 2 N–H and O–H groups in total. The van der Waals surface area contributed by atoms with Gasteiger partial charge in [0.05, 0.1) is 17.6 Å². The minimum Gasteiger partial charge on any atom is -0.481 e. The molecule has 1 amide bonds. The first-order valence-corrected chi connectivity index (χ1v) is 6.77. The van der Waals surface area contributed by atoms with Gasteiger partial charge in [-0.3, -0.25) is 9.59 Å². The monoisotopic (exact) mass is 264 g/mol. The second-order valence-corrected chi connectivity index (χ2v) is 6.48. The van der Waals surface area contributed by atoms with Crippen molar-refractivity contribution < 1.29 is 23.1 Å². The smallest absolute Gasteiger partial charge is 0.307 e. The first-order chi connectivity index (χ1) is 7.75. The van der Waals surface area contributed by atoms with Crippen LogP contribution in [0.3, 0.4) is 0 Å². The van der Waals surface area contributed by atoms with Gasteiger partial charge in [-0.1, -0.05) is 0 Å². The molecule has 0 aromatic carbocycles. The van der Waals surface area contributed by atoms with E-state index in [1.54, 1.807) is 0 Å². The predicted molar refractivity (Wildman–Crippen MR) is 59.7 cm³/mol. The first kappa shape index (κ1) is 13.9. The van der Waals surface area contributed by atoms with Crippen molar-refractivity contribution in [1.29, 1.82) is 0 Å². The van der Waals surface area contributed by atoms with E-state index >= 15 is 0 Å². The Morgan fingerprint density at radius 3 is 2.35 bits per heavy atom. The van der Waals surface area contributed by atoms with Gasteiger partial charge in [0, 0.05) is 20.6 Å². The number of carbonyl (C=O) groups is 2. The molecule has 1 aliphatic rings. The fourth-order valence-electron chi connectivity index (χ4n) is 1.37. The average Bonchev–Trinajstić information content (AvgIpc) is 2.96. The maximum absolute atomic E-state index is 11.4. The van der Waals surface area contributed by atoms with Crippen molar-refractivity contribution in [3.05, 3.63) is 0 Å². The lowest BCUT2D eigenvalue weighted by molar-refractivity contribution is -0.140. The SMILES string of the molecule is CN(C)S(=O)(=O)CCNC(=O)[C@@H]1C[C@@H]1C(=O)O. The highest BCUT2D eigenvalue weighted by Gasteiger charge is 2.48. The van der Waals surface area contributed by atoms with E-state index in [1.807, 2.05) is 0 Å². The zero-order valence-electron chi connectivity index (χ0n) is 9.71. The molecule has 0 aliphatic heterocycles. The van der Waals surface area contributed by atoms with Gasteiger partial charge in [-0.25, -0.2) is 12.7 Å². The largest absolute Gasteiger partial charge is 0.481 e. The topological polar surface area (TPSA) is 104 Å². The molecule has 0 radical (unpaired) electrons. The van der Waals surface area contributed by atoms with E-state index in [2.05, 4.69) is 5.32 Å². The van der Waals surface area contributed by atoms with E-state index < -0.39 is 27.8 Å². The predicted octanol–water partition coefficient (Wildman–Crippen LogP) is -1.29. The van der Waals surface area contributed by atoms with Gasteiger partial charge < -0.3 is 10.4 Å². The molecule has 17 heavy (non-hydrogen) atoms. The van der Waals surface area contributed by atoms with Crippen molar-refractivity contribution in [3.63, 3.8) is 0 Å². The second-order valence-electron chi connectivity index (χ2n) is 4.18. The summed E-state index contributed by atoms with van der Waals surface area (Å²) in [5, 5.41) is 11.0. The molecular formula is C9H16N2O5S. The van der Waals surface area contributed by atoms with Crippen LogP contribution in [-0.2, 0) is 19.6 Å². The van der Waals surface area contributed by atoms with Crippen molar-refractivity contribution >= 4 is 21.9 Å². The molecule has 1 rings (SSSR count). The minimum atomic E-state index is -3.33. The number of hydrogen-bond acceptors (Lipinski definition) is 4. The van der Waals surface area contributed by atoms with E-state index in [0.717, 1.165) is 4.31 Å². The quantitative estimate of drug-likeness (QED) is 0.621. The highest BCUT2D eigenvalue weighted by molar-refractivity contribution is 7.89. The molecule has 2 atom stereocenters. The summed E-state index contributed by atoms with van der Waals surface area (Å²) >= 11 is 0. The normalized spacial score (nSPS) is 23.5. The highest BCUT2D eigenvalue weighted by Crippen LogP contribution is 2.38. The Bertz CT molecular complexity index is 417. The Kier molecular flexibility index (Phi) is 4.10. The summed E-state index contributed by atoms with van der Waals surface area (Å²) in [5.41, 5.74) is 0. The van der Waals surface area contributed by atoms with Crippen LogP contribution in [0, 0.1) is 11.8 Å². The molecule has 1 aliphatic carbocycles. The van der Waals surface area contributed by atoms with Gasteiger partial charge in [0.25, 0.3) is 0 Å². The third-order valence-corrected chi connectivity index (χ3v) is 4.49. The molecule has 0 spiro atoms. The van der Waals surface area contributed by atoms with Crippen LogP contribution in [-0.4, -0.2) is 56.1 Å². The van der Waals surface area contributed by atoms with Crippen molar-refractivity contribution in [2.24, 2.45) is 11.8 Å². The summed E-state index contributed by atoms with van der Waals surface area (Å²) in [6, 6.07) is 0. The Labute approximate surface area is 99.8 Å². The number of sulfonamides is 1. The fourth-order valence-corrected chi connectivity index (χ4v) is 2.10. The van der Waals surface area contributed by atoms with Crippen LogP contribution in [0.4, 0.5) is 0 Å². The van der Waals surface area contributed by atoms with Gasteiger partial charge in [0.2, 0.25) is 15.9 Å². The van der Waals surface area contributed by atoms with Crippen molar-refractivity contribution in [2.45, 2.75) is 6.42 Å². The number of nitrogens with one attached hydrogen (secondary N) is 1. The number of carboxylic acid groups (broad SMARTS) is 1. The van der Waals surface area contributed by atoms with Crippen LogP contribution in [0.15, 0.2) is 0 Å². The molecule has 0 bridgehead atoms. The van der Waals surface area contributed by atoms with Gasteiger partial charge in [-0.15, -0.1) is 0 Å². The number of rotatable bonds is 6. The van der Waals surface area contributed by atoms with Gasteiger partial charge in [-0.05, 0) is 6.42 Å². The minimum absolute atomic E-state index is 0.00217. The number of hydrogen-bond donors (Lipinski definition) is 2. The third-order valence-electron chi connectivity index (χ3n) is 2.66. The zero-order valence-corrected chi connectivity index (χ0v) is 10.5. The Hall–Kier alpha value is -1.15. The number of nitrogens with zero attached hydrogens (tertiary/aromatic N) is 1. The van der Waals surface area contributed by atoms with Gasteiger partial charge in [0.15, 0.2) is 0 Å². The molecule has 7 nitrogen and oxygen atoms in total. The summed E-state index contributed by atoms with van der Waals surface area (Å²) in [6.45, 7) is 0.00217. The lowest BCUT2D eigenvalue weighted by atomic mass is 10.3. The second kappa shape index (κ2) is 5.01. The van der Waals surface area contributed by atoms with Crippen LogP contribution < -0.4 is 5.32 Å². The van der Waals surface area contributed by atoms with E-state index in [1.165, 1.54) is 14.1 Å². The summed E-state index contributed by atoms with van der Waals surface area (Å²) in [5.74, 6) is -2.66. The van der Waals surface area contributed by atoms with Crippen LogP contribution in [0.2, 0.25) is 0 Å². The van der Waals surface area contributed by atoms with Crippen LogP contribution in [0.5, 0.6) is 0 Å². The average molecular weight is 264 g/mol. The zero-order chi connectivity index (χ0) is 13.2. The fraction of sp³-hybridized carbons (Fsp3) is 0.778. The molecule has 1 fully saturated rings. The van der Waals surface area contributed by atoms with E-state index in [9.17, 15) is 18.0 Å². The molecule has 0 aromatic rings. The lowest BCUT2D eigenvalue weighted by Crippen LogP contribution is -2.35. The highest BCUT2D eigenvalue weighted by atomic mass is 32.2. The van der Waals surface area contributed by atoms with Crippen LogP contribution in [0.25, 0.3) is 0 Å². The maximum Gasteiger partial charge on any atom is 0.307 e. The van der Waals surface area contributed by atoms with Gasteiger partial charge in [0.1, 0.15) is 0 Å². The molecule has 0 unspecified atom stereocenters. The molecule has 0 heterocycles. The number of aliphatic carboxylic acids is 1. The molecule has 1 saturated carbocycles. The van der Waals surface area contributed by atoms with Crippen molar-refractivity contribution in [3.8, 4) is 0 Å². The molecule has 0 aromatic heterocycles. The number of carbonyl (C=O) groups excluding carboxylic acids is 1. The molecule has 0 saturated heterocycles. The summed E-state index contributed by atoms with van der Waals surface area (Å²) in [7, 11) is -0.496. The van der Waals surface area contributed by atoms with E-state index in [4.69, 9.17) is 5.11 Å². The number of carboxylic acids is 1. The summed E-state index contributed by atoms with van der Waals surface area (Å²) in [4.78, 5) is 21.9. The number of amides is 1. The maximum atomic E-state index is 11.4. The van der Waals surface area contributed by atoms with E-state index in [-0.39, 0.29) is 18.2 Å². The molecule has 8 heteroatoms. The first-order valence-electron chi connectivity index (χ1n) is 5.16. The standard InChI is InChI=1S/C9H16N2O5S/c1-11(2)17(15,16)4-3-10-8(12)6-5-7(6)9(13)14/h6-7H,3-5H2,1-2H3,(H,10,12)(H,13,14)/t6-,7+/m1/s1.